The second-order valence-corrected chi connectivity index (χ2v) is 11.9. The van der Waals surface area contributed by atoms with Crippen LogP contribution in [0.4, 0.5) is 0 Å². The zero-order valence-electron chi connectivity index (χ0n) is 18.9. The summed E-state index contributed by atoms with van der Waals surface area (Å²) >= 11 is 3.92. The molecule has 5 rings (SSSR count). The third-order valence-corrected chi connectivity index (χ3v) is 8.80. The minimum absolute atomic E-state index is 0.00538. The molecule has 33 heavy (non-hydrogen) atoms. The molecule has 4 aliphatic rings. The first-order chi connectivity index (χ1) is 15.5. The number of aliphatic carboxylic acids is 1. The molecule has 0 spiro atoms. The fraction of sp³-hybridized carbons (Fsp3) is 0.652. The summed E-state index contributed by atoms with van der Waals surface area (Å²) in [6.07, 6.45) is 6.97. The molecule has 1 aromatic rings. The van der Waals surface area contributed by atoms with Crippen molar-refractivity contribution in [2.24, 2.45) is 29.4 Å². The predicted octanol–water partition coefficient (Wildman–Crippen LogP) is 2.44. The molecule has 4 aliphatic carbocycles. The summed E-state index contributed by atoms with van der Waals surface area (Å²) in [7, 11) is -3.87. The first kappa shape index (κ1) is 26.0. The molecule has 2 atom stereocenters. The molecule has 0 heterocycles. The number of carboxylic acids is 1. The van der Waals surface area contributed by atoms with Crippen molar-refractivity contribution in [2.75, 3.05) is 12.3 Å². The van der Waals surface area contributed by atoms with Crippen LogP contribution in [0.25, 0.3) is 0 Å². The summed E-state index contributed by atoms with van der Waals surface area (Å²) < 4.78 is 30.9. The van der Waals surface area contributed by atoms with Gasteiger partial charge in [-0.15, -0.1) is 0 Å². The first-order valence-corrected chi connectivity index (χ1v) is 13.5. The summed E-state index contributed by atoms with van der Waals surface area (Å²) in [6.45, 7) is 0.972. The van der Waals surface area contributed by atoms with Gasteiger partial charge in [-0.25, -0.2) is 17.9 Å². The molecule has 4 N–H and O–H groups in total. The molecule has 0 saturated heterocycles. The van der Waals surface area contributed by atoms with Gasteiger partial charge in [-0.2, -0.15) is 12.6 Å². The number of rotatable bonds is 8. The van der Waals surface area contributed by atoms with Gasteiger partial charge >= 0.3 is 11.9 Å². The molecule has 4 fully saturated rings. The van der Waals surface area contributed by atoms with Crippen LogP contribution in [0.2, 0.25) is 0 Å². The number of sulfonamides is 1. The highest BCUT2D eigenvalue weighted by Gasteiger charge is 2.48. The third-order valence-electron chi connectivity index (χ3n) is 6.81. The highest BCUT2D eigenvalue weighted by molar-refractivity contribution is 7.89. The quantitative estimate of drug-likeness (QED) is 0.319. The van der Waals surface area contributed by atoms with E-state index in [0.29, 0.717) is 5.54 Å². The minimum atomic E-state index is -3.87. The van der Waals surface area contributed by atoms with Crippen molar-refractivity contribution < 1.29 is 27.9 Å². The summed E-state index contributed by atoms with van der Waals surface area (Å²) in [6, 6.07) is 7.47. The molecule has 0 unspecified atom stereocenters. The van der Waals surface area contributed by atoms with Crippen molar-refractivity contribution in [3.8, 4) is 0 Å². The van der Waals surface area contributed by atoms with Gasteiger partial charge in [0.25, 0.3) is 0 Å². The topological polar surface area (TPSA) is 136 Å². The Balaban J connectivity index is 0.000000227. The Kier molecular flexibility index (Phi) is 8.47. The molecule has 184 valence electrons. The van der Waals surface area contributed by atoms with E-state index in [1.54, 1.807) is 6.07 Å². The molecular formula is C23H34N2O6S2. The van der Waals surface area contributed by atoms with Crippen molar-refractivity contribution in [1.82, 2.24) is 4.72 Å². The average Bonchev–Trinajstić information content (AvgIpc) is 2.75. The van der Waals surface area contributed by atoms with Crippen LogP contribution in [0.5, 0.6) is 0 Å². The van der Waals surface area contributed by atoms with E-state index in [1.165, 1.54) is 69.7 Å². The van der Waals surface area contributed by atoms with Gasteiger partial charge < -0.3 is 15.6 Å². The lowest BCUT2D eigenvalue weighted by atomic mass is 9.53. The molecule has 0 aliphatic heterocycles. The zero-order valence-corrected chi connectivity index (χ0v) is 20.6. The van der Waals surface area contributed by atoms with Gasteiger partial charge in [0, 0.05) is 11.3 Å². The van der Waals surface area contributed by atoms with Gasteiger partial charge in [-0.1, -0.05) is 25.1 Å². The number of carbonyl (C=O) groups is 2. The van der Waals surface area contributed by atoms with Crippen molar-refractivity contribution in [3.05, 3.63) is 30.3 Å². The van der Waals surface area contributed by atoms with Crippen LogP contribution in [0.3, 0.4) is 0 Å². The van der Waals surface area contributed by atoms with E-state index in [-0.39, 0.29) is 10.6 Å². The van der Waals surface area contributed by atoms with Crippen molar-refractivity contribution in [1.29, 1.82) is 0 Å². The maximum absolute atomic E-state index is 12.0. The van der Waals surface area contributed by atoms with Crippen LogP contribution in [0.15, 0.2) is 35.2 Å². The second kappa shape index (κ2) is 10.8. The SMILES string of the molecule is C[C@H](CS)C(=O)O[C@@H](CNS(=O)(=O)c1ccccc1)C(=O)O.NC12CC3CC(CC(C3)C1)C2. The number of esters is 1. The Bertz CT molecular complexity index is 902. The fourth-order valence-electron chi connectivity index (χ4n) is 5.56. The number of hydrogen-bond donors (Lipinski definition) is 4. The maximum atomic E-state index is 12.0. The van der Waals surface area contributed by atoms with Crippen LogP contribution in [0.1, 0.15) is 45.4 Å². The molecule has 0 aromatic heterocycles. The second-order valence-electron chi connectivity index (χ2n) is 9.79. The molecule has 10 heteroatoms. The largest absolute Gasteiger partial charge is 0.478 e. The van der Waals surface area contributed by atoms with Gasteiger partial charge in [0.1, 0.15) is 0 Å². The first-order valence-electron chi connectivity index (χ1n) is 11.4. The minimum Gasteiger partial charge on any atom is -0.478 e. The van der Waals surface area contributed by atoms with E-state index in [9.17, 15) is 18.0 Å². The monoisotopic (exact) mass is 498 g/mol. The maximum Gasteiger partial charge on any atom is 0.346 e. The Morgan fingerprint density at radius 3 is 2.09 bits per heavy atom. The number of carbonyl (C=O) groups excluding carboxylic acids is 1. The molecule has 4 bridgehead atoms. The summed E-state index contributed by atoms with van der Waals surface area (Å²) in [5.41, 5.74) is 6.62. The van der Waals surface area contributed by atoms with E-state index in [4.69, 9.17) is 15.6 Å². The Morgan fingerprint density at radius 2 is 1.67 bits per heavy atom. The van der Waals surface area contributed by atoms with Gasteiger partial charge in [-0.3, -0.25) is 4.79 Å². The molecule has 0 radical (unpaired) electrons. The number of carboxylic acid groups (broad SMARTS) is 1. The molecule has 1 aromatic carbocycles. The molecular weight excluding hydrogens is 464 g/mol. The zero-order chi connectivity index (χ0) is 24.2. The third kappa shape index (κ3) is 6.94. The Morgan fingerprint density at radius 1 is 1.15 bits per heavy atom. The standard InChI is InChI=1S/C13H17NO6S2.C10H17N/c1-9(8-21)13(17)20-11(12(15)16)7-14-22(18,19)10-5-3-2-4-6-10;11-10-4-7-1-8(5-10)3-9(2-7)6-10/h2-6,9,11,14,21H,7-8H2,1H3,(H,15,16);7-9H,1-6,11H2/t9-,11+;/m1./s1. The lowest BCUT2D eigenvalue weighted by Gasteiger charge is -2.55. The number of nitrogens with one attached hydrogen (secondary N) is 1. The summed E-state index contributed by atoms with van der Waals surface area (Å²) in [5, 5.41) is 9.01. The number of thiol groups is 1. The van der Waals surface area contributed by atoms with Crippen LogP contribution in [0, 0.1) is 23.7 Å². The van der Waals surface area contributed by atoms with E-state index < -0.39 is 40.5 Å². The smallest absolute Gasteiger partial charge is 0.346 e. The Hall–Kier alpha value is -1.62. The number of benzene rings is 1. The van der Waals surface area contributed by atoms with E-state index >= 15 is 0 Å². The van der Waals surface area contributed by atoms with Crippen LogP contribution in [-0.2, 0) is 24.3 Å². The number of nitrogens with two attached hydrogens (primary N) is 1. The normalized spacial score (nSPS) is 29.5. The van der Waals surface area contributed by atoms with Crippen LogP contribution in [-0.4, -0.2) is 49.4 Å². The number of ether oxygens (including phenoxy) is 1. The van der Waals surface area contributed by atoms with Crippen molar-refractivity contribution in [3.63, 3.8) is 0 Å². The lowest BCUT2D eigenvalue weighted by Crippen LogP contribution is -2.55. The van der Waals surface area contributed by atoms with E-state index in [2.05, 4.69) is 17.4 Å². The van der Waals surface area contributed by atoms with Crippen LogP contribution >= 0.6 is 12.6 Å². The predicted molar refractivity (Wildman–Crippen MR) is 127 cm³/mol. The number of hydrogen-bond acceptors (Lipinski definition) is 7. The summed E-state index contributed by atoms with van der Waals surface area (Å²) in [5.74, 6) is 0.484. The van der Waals surface area contributed by atoms with Gasteiger partial charge in [0.05, 0.1) is 17.4 Å². The van der Waals surface area contributed by atoms with Crippen LogP contribution < -0.4 is 10.5 Å². The summed E-state index contributed by atoms with van der Waals surface area (Å²) in [4.78, 5) is 22.6. The van der Waals surface area contributed by atoms with Gasteiger partial charge in [0.2, 0.25) is 16.1 Å². The van der Waals surface area contributed by atoms with Crippen molar-refractivity contribution in [2.45, 2.75) is 62.0 Å². The molecule has 0 amide bonds. The average molecular weight is 499 g/mol. The van der Waals surface area contributed by atoms with Gasteiger partial charge in [0.15, 0.2) is 0 Å². The highest BCUT2D eigenvalue weighted by Crippen LogP contribution is 2.54. The molecule has 4 saturated carbocycles. The van der Waals surface area contributed by atoms with E-state index in [1.807, 2.05) is 0 Å². The van der Waals surface area contributed by atoms with E-state index in [0.717, 1.165) is 17.8 Å². The fourth-order valence-corrected chi connectivity index (χ4v) is 6.76. The molecule has 8 nitrogen and oxygen atoms in total. The highest BCUT2D eigenvalue weighted by atomic mass is 32.2. The van der Waals surface area contributed by atoms with Crippen molar-refractivity contribution >= 4 is 34.6 Å². The lowest BCUT2D eigenvalue weighted by molar-refractivity contribution is -0.165. The Labute approximate surface area is 201 Å². The van der Waals surface area contributed by atoms with Gasteiger partial charge in [-0.05, 0) is 68.4 Å².